The third-order valence-corrected chi connectivity index (χ3v) is 5.26. The van der Waals surface area contributed by atoms with Crippen molar-refractivity contribution in [1.82, 2.24) is 5.32 Å². The Labute approximate surface area is 176 Å². The highest BCUT2D eigenvalue weighted by atomic mass is 16.4. The van der Waals surface area contributed by atoms with Gasteiger partial charge in [0.2, 0.25) is 5.91 Å². The summed E-state index contributed by atoms with van der Waals surface area (Å²) in [5, 5.41) is 20.2. The van der Waals surface area contributed by atoms with Crippen LogP contribution in [0.1, 0.15) is 122 Å². The largest absolute Gasteiger partial charge is 0.481 e. The number of carbonyl (C=O) groups is 3. The number of unbranched alkanes of at least 4 members (excludes halogenated alkanes) is 13. The Kier molecular flexibility index (Phi) is 18.6. The molecule has 0 aliphatic carbocycles. The Morgan fingerprint density at radius 3 is 1.38 bits per heavy atom. The van der Waals surface area contributed by atoms with Gasteiger partial charge in [0.15, 0.2) is 0 Å². The molecule has 0 rings (SSSR count). The molecule has 0 aliphatic heterocycles. The van der Waals surface area contributed by atoms with Gasteiger partial charge in [-0.05, 0) is 19.3 Å². The van der Waals surface area contributed by atoms with Crippen LogP contribution in [0, 0.1) is 0 Å². The van der Waals surface area contributed by atoms with Crippen LogP contribution in [0.5, 0.6) is 0 Å². The zero-order valence-corrected chi connectivity index (χ0v) is 18.4. The molecule has 1 atom stereocenters. The molecule has 0 saturated carbocycles. The number of nitrogens with one attached hydrogen (secondary N) is 1. The van der Waals surface area contributed by atoms with Crippen molar-refractivity contribution in [2.75, 3.05) is 0 Å². The molecule has 0 aromatic rings. The molecule has 6 heteroatoms. The highest BCUT2D eigenvalue weighted by molar-refractivity contribution is 5.83. The lowest BCUT2D eigenvalue weighted by Gasteiger charge is -2.13. The van der Waals surface area contributed by atoms with Gasteiger partial charge in [0, 0.05) is 12.8 Å². The van der Waals surface area contributed by atoms with Crippen molar-refractivity contribution >= 4 is 17.8 Å². The summed E-state index contributed by atoms with van der Waals surface area (Å²) in [5.74, 6) is -1.78. The Bertz CT molecular complexity index is 439. The second-order valence-corrected chi connectivity index (χ2v) is 8.09. The first-order valence-corrected chi connectivity index (χ1v) is 11.7. The molecule has 29 heavy (non-hydrogen) atoms. The molecule has 1 amide bonds. The molecule has 0 bridgehead atoms. The molecule has 3 N–H and O–H groups in total. The molecular weight excluding hydrogens is 370 g/mol. The number of rotatable bonds is 21. The number of hydrogen-bond acceptors (Lipinski definition) is 3. The van der Waals surface area contributed by atoms with E-state index >= 15 is 0 Å². The van der Waals surface area contributed by atoms with Crippen LogP contribution in [0.3, 0.4) is 0 Å². The van der Waals surface area contributed by atoms with Crippen LogP contribution >= 0.6 is 0 Å². The predicted octanol–water partition coefficient (Wildman–Crippen LogP) is 5.68. The monoisotopic (exact) mass is 413 g/mol. The van der Waals surface area contributed by atoms with Crippen LogP contribution < -0.4 is 5.32 Å². The van der Waals surface area contributed by atoms with Gasteiger partial charge in [-0.2, -0.15) is 0 Å². The van der Waals surface area contributed by atoms with Crippen molar-refractivity contribution in [2.24, 2.45) is 0 Å². The fraction of sp³-hybridized carbons (Fsp3) is 0.870. The van der Waals surface area contributed by atoms with Gasteiger partial charge in [0.25, 0.3) is 0 Å². The molecule has 0 saturated heterocycles. The van der Waals surface area contributed by atoms with Crippen molar-refractivity contribution in [3.63, 3.8) is 0 Å². The second kappa shape index (κ2) is 19.7. The van der Waals surface area contributed by atoms with Crippen molar-refractivity contribution in [1.29, 1.82) is 0 Å². The molecule has 0 unspecified atom stereocenters. The molecule has 170 valence electrons. The molecule has 0 radical (unpaired) electrons. The van der Waals surface area contributed by atoms with Gasteiger partial charge in [0.1, 0.15) is 6.04 Å². The number of hydrogen-bond donors (Lipinski definition) is 3. The van der Waals surface area contributed by atoms with Crippen LogP contribution in [0.25, 0.3) is 0 Å². The third kappa shape index (κ3) is 19.5. The molecule has 6 nitrogen and oxygen atoms in total. The number of carbonyl (C=O) groups excluding carboxylic acids is 1. The number of carboxylic acid groups (broad SMARTS) is 2. The van der Waals surface area contributed by atoms with E-state index < -0.39 is 18.0 Å². The maximum atomic E-state index is 11.8. The van der Waals surface area contributed by atoms with Gasteiger partial charge in [-0.15, -0.1) is 0 Å². The normalized spacial score (nSPS) is 11.9. The first-order chi connectivity index (χ1) is 14.0. The van der Waals surface area contributed by atoms with Crippen LogP contribution in [0.4, 0.5) is 0 Å². The first kappa shape index (κ1) is 27.4. The minimum Gasteiger partial charge on any atom is -0.481 e. The van der Waals surface area contributed by atoms with E-state index in [4.69, 9.17) is 10.2 Å². The van der Waals surface area contributed by atoms with Crippen LogP contribution in [-0.4, -0.2) is 34.1 Å². The number of amides is 1. The second-order valence-electron chi connectivity index (χ2n) is 8.09. The molecule has 0 fully saturated rings. The van der Waals surface area contributed by atoms with Gasteiger partial charge in [-0.3, -0.25) is 9.59 Å². The minimum atomic E-state index is -0.948. The molecule has 0 spiro atoms. The van der Waals surface area contributed by atoms with E-state index in [0.29, 0.717) is 19.3 Å². The van der Waals surface area contributed by atoms with Gasteiger partial charge in [-0.25, -0.2) is 4.79 Å². The van der Waals surface area contributed by atoms with E-state index in [-0.39, 0.29) is 5.91 Å². The maximum absolute atomic E-state index is 11.8. The lowest BCUT2D eigenvalue weighted by Crippen LogP contribution is -2.40. The minimum absolute atomic E-state index is 0.146. The summed E-state index contributed by atoms with van der Waals surface area (Å²) in [6, 6.07) is -0.746. The SMILES string of the molecule is CCC[C@H](NC(=O)CCCCCCCCCCCCCCCCC(=O)O)C(=O)O. The zero-order chi connectivity index (χ0) is 21.7. The average Bonchev–Trinajstić information content (AvgIpc) is 2.67. The summed E-state index contributed by atoms with van der Waals surface area (Å²) in [6.45, 7) is 1.91. The highest BCUT2D eigenvalue weighted by Gasteiger charge is 2.18. The Morgan fingerprint density at radius 1 is 0.655 bits per heavy atom. The average molecular weight is 414 g/mol. The van der Waals surface area contributed by atoms with Gasteiger partial charge in [0.05, 0.1) is 0 Å². The standard InChI is InChI=1S/C23H43NO5/c1-2-17-20(23(28)29)24-21(25)18-15-13-11-9-7-5-3-4-6-8-10-12-14-16-19-22(26)27/h20H,2-19H2,1H3,(H,24,25)(H,26,27)(H,28,29)/t20-/m0/s1. The van der Waals surface area contributed by atoms with E-state index in [9.17, 15) is 14.4 Å². The zero-order valence-electron chi connectivity index (χ0n) is 18.4. The molecule has 0 aliphatic rings. The van der Waals surface area contributed by atoms with Gasteiger partial charge >= 0.3 is 11.9 Å². The molecular formula is C23H43NO5. The predicted molar refractivity (Wildman–Crippen MR) is 116 cm³/mol. The Balaban J connectivity index is 3.32. The van der Waals surface area contributed by atoms with E-state index in [1.165, 1.54) is 51.4 Å². The Morgan fingerprint density at radius 2 is 1.03 bits per heavy atom. The fourth-order valence-electron chi connectivity index (χ4n) is 3.50. The van der Waals surface area contributed by atoms with E-state index in [1.807, 2.05) is 6.92 Å². The molecule has 0 aromatic heterocycles. The van der Waals surface area contributed by atoms with E-state index in [1.54, 1.807) is 0 Å². The van der Waals surface area contributed by atoms with Crippen LogP contribution in [0.2, 0.25) is 0 Å². The summed E-state index contributed by atoms with van der Waals surface area (Å²) >= 11 is 0. The van der Waals surface area contributed by atoms with Crippen LogP contribution in [0.15, 0.2) is 0 Å². The number of carboxylic acids is 2. The van der Waals surface area contributed by atoms with Gasteiger partial charge < -0.3 is 15.5 Å². The van der Waals surface area contributed by atoms with E-state index in [0.717, 1.165) is 44.9 Å². The quantitative estimate of drug-likeness (QED) is 0.210. The van der Waals surface area contributed by atoms with Crippen molar-refractivity contribution < 1.29 is 24.6 Å². The Hall–Kier alpha value is -1.59. The summed E-state index contributed by atoms with van der Waals surface area (Å²) in [7, 11) is 0. The van der Waals surface area contributed by atoms with Crippen LogP contribution in [-0.2, 0) is 14.4 Å². The topological polar surface area (TPSA) is 104 Å². The fourth-order valence-corrected chi connectivity index (χ4v) is 3.50. The van der Waals surface area contributed by atoms with E-state index in [2.05, 4.69) is 5.32 Å². The molecule has 0 aromatic carbocycles. The molecule has 0 heterocycles. The van der Waals surface area contributed by atoms with Gasteiger partial charge in [-0.1, -0.05) is 90.4 Å². The maximum Gasteiger partial charge on any atom is 0.326 e. The van der Waals surface area contributed by atoms with Crippen molar-refractivity contribution in [2.45, 2.75) is 129 Å². The third-order valence-electron chi connectivity index (χ3n) is 5.26. The number of aliphatic carboxylic acids is 2. The first-order valence-electron chi connectivity index (χ1n) is 11.7. The summed E-state index contributed by atoms with van der Waals surface area (Å²) < 4.78 is 0. The summed E-state index contributed by atoms with van der Waals surface area (Å²) in [4.78, 5) is 33.2. The smallest absolute Gasteiger partial charge is 0.326 e. The van der Waals surface area contributed by atoms with Crippen molar-refractivity contribution in [3.8, 4) is 0 Å². The van der Waals surface area contributed by atoms with Crippen molar-refractivity contribution in [3.05, 3.63) is 0 Å². The lowest BCUT2D eigenvalue weighted by molar-refractivity contribution is -0.142. The lowest BCUT2D eigenvalue weighted by atomic mass is 10.0. The highest BCUT2D eigenvalue weighted by Crippen LogP contribution is 2.13. The summed E-state index contributed by atoms with van der Waals surface area (Å²) in [6.07, 6.45) is 18.0. The summed E-state index contributed by atoms with van der Waals surface area (Å²) in [5.41, 5.74) is 0.